The van der Waals surface area contributed by atoms with Crippen molar-refractivity contribution in [1.82, 2.24) is 14.5 Å². The van der Waals surface area contributed by atoms with Crippen LogP contribution in [0.1, 0.15) is 30.5 Å². The quantitative estimate of drug-likeness (QED) is 0.734. The summed E-state index contributed by atoms with van der Waals surface area (Å²) in [6, 6.07) is 11.8. The van der Waals surface area contributed by atoms with Gasteiger partial charge >= 0.3 is 0 Å². The number of aromatic nitrogens is 3. The molecule has 0 aliphatic carbocycles. The fourth-order valence-corrected chi connectivity index (χ4v) is 3.21. The van der Waals surface area contributed by atoms with Gasteiger partial charge in [0.15, 0.2) is 5.65 Å². The molecule has 1 unspecified atom stereocenters. The molecular formula is C17H16ClN3O. The fourth-order valence-electron chi connectivity index (χ4n) is 3.00. The second-order valence-electron chi connectivity index (χ2n) is 5.52. The molecule has 0 amide bonds. The number of fused-ring (bicyclic) bond motifs is 1. The monoisotopic (exact) mass is 313 g/mol. The summed E-state index contributed by atoms with van der Waals surface area (Å²) in [5.41, 5.74) is 2.95. The van der Waals surface area contributed by atoms with Crippen LogP contribution in [0.5, 0.6) is 0 Å². The SMILES string of the molecule is Clc1cccc(Cc2nc3cccnc3n2C2CCCO2)c1. The van der Waals surface area contributed by atoms with E-state index in [2.05, 4.69) is 15.6 Å². The second kappa shape index (κ2) is 5.71. The zero-order valence-corrected chi connectivity index (χ0v) is 12.8. The molecule has 0 N–H and O–H groups in total. The third kappa shape index (κ3) is 2.49. The van der Waals surface area contributed by atoms with E-state index in [1.807, 2.05) is 30.3 Å². The van der Waals surface area contributed by atoms with E-state index in [4.69, 9.17) is 21.3 Å². The van der Waals surface area contributed by atoms with Crippen molar-refractivity contribution in [2.24, 2.45) is 0 Å². The van der Waals surface area contributed by atoms with Crippen LogP contribution in [0.3, 0.4) is 0 Å². The van der Waals surface area contributed by atoms with Crippen molar-refractivity contribution < 1.29 is 4.74 Å². The van der Waals surface area contributed by atoms with E-state index in [1.165, 1.54) is 0 Å². The lowest BCUT2D eigenvalue weighted by molar-refractivity contribution is 0.0573. The minimum atomic E-state index is 0.0362. The predicted octanol–water partition coefficient (Wildman–Crippen LogP) is 3.98. The lowest BCUT2D eigenvalue weighted by Gasteiger charge is -2.15. The van der Waals surface area contributed by atoms with Crippen molar-refractivity contribution in [3.63, 3.8) is 0 Å². The first-order chi connectivity index (χ1) is 10.8. The molecule has 4 rings (SSSR count). The van der Waals surface area contributed by atoms with Gasteiger partial charge in [0.25, 0.3) is 0 Å². The van der Waals surface area contributed by atoms with Gasteiger partial charge in [0.1, 0.15) is 17.6 Å². The van der Waals surface area contributed by atoms with Crippen molar-refractivity contribution >= 4 is 22.8 Å². The Morgan fingerprint density at radius 1 is 1.27 bits per heavy atom. The molecule has 2 aromatic heterocycles. The van der Waals surface area contributed by atoms with E-state index in [0.717, 1.165) is 53.4 Å². The number of rotatable bonds is 3. The summed E-state index contributed by atoms with van der Waals surface area (Å²) < 4.78 is 8.01. The van der Waals surface area contributed by atoms with Crippen LogP contribution in [0.25, 0.3) is 11.2 Å². The molecule has 0 saturated carbocycles. The zero-order valence-electron chi connectivity index (χ0n) is 12.1. The number of hydrogen-bond donors (Lipinski definition) is 0. The van der Waals surface area contributed by atoms with Crippen molar-refractivity contribution in [2.45, 2.75) is 25.5 Å². The van der Waals surface area contributed by atoms with Gasteiger partial charge in [-0.1, -0.05) is 23.7 Å². The maximum atomic E-state index is 6.09. The first kappa shape index (κ1) is 13.7. The first-order valence-electron chi connectivity index (χ1n) is 7.49. The number of hydrogen-bond acceptors (Lipinski definition) is 3. The first-order valence-corrected chi connectivity index (χ1v) is 7.87. The lowest BCUT2D eigenvalue weighted by Crippen LogP contribution is -2.12. The smallest absolute Gasteiger partial charge is 0.162 e. The molecule has 0 spiro atoms. The van der Waals surface area contributed by atoms with Gasteiger partial charge in [-0.25, -0.2) is 9.97 Å². The van der Waals surface area contributed by atoms with Gasteiger partial charge in [0.2, 0.25) is 0 Å². The highest BCUT2D eigenvalue weighted by atomic mass is 35.5. The zero-order chi connectivity index (χ0) is 14.9. The van der Waals surface area contributed by atoms with E-state index >= 15 is 0 Å². The molecule has 1 atom stereocenters. The van der Waals surface area contributed by atoms with Crippen LogP contribution in [0, 0.1) is 0 Å². The van der Waals surface area contributed by atoms with Crippen molar-refractivity contribution in [3.05, 3.63) is 59.0 Å². The number of nitrogens with zero attached hydrogens (tertiary/aromatic N) is 3. The number of ether oxygens (including phenoxy) is 1. The Bertz CT molecular complexity index is 809. The van der Waals surface area contributed by atoms with Gasteiger partial charge in [0, 0.05) is 24.2 Å². The molecular weight excluding hydrogens is 298 g/mol. The van der Waals surface area contributed by atoms with Crippen LogP contribution in [0.4, 0.5) is 0 Å². The fraction of sp³-hybridized carbons (Fsp3) is 0.294. The highest BCUT2D eigenvalue weighted by molar-refractivity contribution is 6.30. The van der Waals surface area contributed by atoms with Crippen LogP contribution in [-0.4, -0.2) is 21.1 Å². The Hall–Kier alpha value is -1.91. The number of pyridine rings is 1. The van der Waals surface area contributed by atoms with Gasteiger partial charge < -0.3 is 4.74 Å². The molecule has 1 aromatic carbocycles. The summed E-state index contributed by atoms with van der Waals surface area (Å²) in [5.74, 6) is 0.975. The van der Waals surface area contributed by atoms with Gasteiger partial charge in [0.05, 0.1) is 0 Å². The molecule has 0 radical (unpaired) electrons. The average Bonchev–Trinajstić information content (AvgIpc) is 3.13. The van der Waals surface area contributed by atoms with Crippen LogP contribution >= 0.6 is 11.6 Å². The van der Waals surface area contributed by atoms with E-state index < -0.39 is 0 Å². The summed E-state index contributed by atoms with van der Waals surface area (Å²) in [5, 5.41) is 0.746. The molecule has 112 valence electrons. The summed E-state index contributed by atoms with van der Waals surface area (Å²) in [7, 11) is 0. The van der Waals surface area contributed by atoms with Crippen LogP contribution in [0.2, 0.25) is 5.02 Å². The number of halogens is 1. The molecule has 0 bridgehead atoms. The highest BCUT2D eigenvalue weighted by Crippen LogP contribution is 2.29. The summed E-state index contributed by atoms with van der Waals surface area (Å²) in [6.07, 6.45) is 4.64. The second-order valence-corrected chi connectivity index (χ2v) is 5.95. The van der Waals surface area contributed by atoms with Gasteiger partial charge in [-0.15, -0.1) is 0 Å². The molecule has 3 aromatic rings. The van der Waals surface area contributed by atoms with E-state index in [1.54, 1.807) is 6.20 Å². The van der Waals surface area contributed by atoms with Crippen molar-refractivity contribution in [3.8, 4) is 0 Å². The molecule has 1 saturated heterocycles. The summed E-state index contributed by atoms with van der Waals surface area (Å²) in [4.78, 5) is 9.26. The Balaban J connectivity index is 1.80. The van der Waals surface area contributed by atoms with Crippen LogP contribution in [-0.2, 0) is 11.2 Å². The molecule has 3 heterocycles. The minimum Gasteiger partial charge on any atom is -0.358 e. The molecule has 1 aliphatic rings. The minimum absolute atomic E-state index is 0.0362. The average molecular weight is 314 g/mol. The molecule has 1 aliphatic heterocycles. The molecule has 22 heavy (non-hydrogen) atoms. The third-order valence-electron chi connectivity index (χ3n) is 3.97. The Morgan fingerprint density at radius 3 is 3.05 bits per heavy atom. The standard InChI is InChI=1S/C17H16ClN3O/c18-13-5-1-4-12(10-13)11-15-20-14-6-2-8-19-17(14)21(15)16-7-3-9-22-16/h1-2,4-6,8,10,16H,3,7,9,11H2. The predicted molar refractivity (Wildman–Crippen MR) is 86.0 cm³/mol. The third-order valence-corrected chi connectivity index (χ3v) is 4.20. The van der Waals surface area contributed by atoms with E-state index in [0.29, 0.717) is 0 Å². The van der Waals surface area contributed by atoms with Gasteiger partial charge in [-0.2, -0.15) is 0 Å². The lowest BCUT2D eigenvalue weighted by atomic mass is 10.1. The molecule has 4 nitrogen and oxygen atoms in total. The largest absolute Gasteiger partial charge is 0.358 e. The van der Waals surface area contributed by atoms with Crippen LogP contribution < -0.4 is 0 Å². The van der Waals surface area contributed by atoms with Gasteiger partial charge in [-0.05, 0) is 42.7 Å². The highest BCUT2D eigenvalue weighted by Gasteiger charge is 2.23. The maximum absolute atomic E-state index is 6.09. The molecule has 5 heteroatoms. The van der Waals surface area contributed by atoms with E-state index in [9.17, 15) is 0 Å². The van der Waals surface area contributed by atoms with Crippen LogP contribution in [0.15, 0.2) is 42.6 Å². The molecule has 1 fully saturated rings. The van der Waals surface area contributed by atoms with Crippen molar-refractivity contribution in [2.75, 3.05) is 6.61 Å². The normalized spacial score (nSPS) is 18.1. The van der Waals surface area contributed by atoms with Gasteiger partial charge in [-0.3, -0.25) is 4.57 Å². The Labute approximate surface area is 133 Å². The Morgan fingerprint density at radius 2 is 2.23 bits per heavy atom. The topological polar surface area (TPSA) is 39.9 Å². The summed E-state index contributed by atoms with van der Waals surface area (Å²) >= 11 is 6.09. The van der Waals surface area contributed by atoms with Crippen molar-refractivity contribution in [1.29, 1.82) is 0 Å². The van der Waals surface area contributed by atoms with E-state index in [-0.39, 0.29) is 6.23 Å². The maximum Gasteiger partial charge on any atom is 0.162 e. The number of imidazole rings is 1. The Kier molecular flexibility index (Phi) is 3.56. The number of benzene rings is 1. The summed E-state index contributed by atoms with van der Waals surface area (Å²) in [6.45, 7) is 0.799.